The summed E-state index contributed by atoms with van der Waals surface area (Å²) in [5.41, 5.74) is 1.55. The van der Waals surface area contributed by atoms with Gasteiger partial charge in [-0.05, 0) is 55.8 Å². The molecule has 0 aromatic heterocycles. The van der Waals surface area contributed by atoms with Crippen molar-refractivity contribution in [2.75, 3.05) is 39.8 Å². The molecule has 4 rings (SSSR count). The molecule has 0 radical (unpaired) electrons. The minimum atomic E-state index is -0.868. The molecule has 2 aromatic rings. The molecular formula is C27H30F2N4O4. The van der Waals surface area contributed by atoms with Crippen molar-refractivity contribution in [3.05, 3.63) is 82.6 Å². The molecule has 2 aliphatic heterocycles. The maximum atomic E-state index is 14.0. The number of carbonyl (C=O) groups is 3. The monoisotopic (exact) mass is 512 g/mol. The molecule has 37 heavy (non-hydrogen) atoms. The number of likely N-dealkylation sites (N-methyl/N-ethyl adjacent to an activating group) is 1. The molecule has 0 unspecified atom stereocenters. The van der Waals surface area contributed by atoms with Crippen LogP contribution in [0.5, 0.6) is 0 Å². The molecule has 3 amide bonds. The third-order valence-corrected chi connectivity index (χ3v) is 6.69. The molecule has 1 fully saturated rings. The number of halogens is 2. The molecule has 2 aliphatic rings. The lowest BCUT2D eigenvalue weighted by molar-refractivity contribution is -0.139. The van der Waals surface area contributed by atoms with Crippen LogP contribution in [0.3, 0.4) is 0 Å². The molecule has 0 spiro atoms. The maximum Gasteiger partial charge on any atom is 0.338 e. The van der Waals surface area contributed by atoms with Crippen LogP contribution in [0.2, 0.25) is 0 Å². The Hall–Kier alpha value is -3.79. The molecule has 1 N–H and O–H groups in total. The average molecular weight is 513 g/mol. The van der Waals surface area contributed by atoms with Crippen molar-refractivity contribution in [2.24, 2.45) is 0 Å². The predicted molar refractivity (Wildman–Crippen MR) is 132 cm³/mol. The zero-order valence-corrected chi connectivity index (χ0v) is 21.0. The molecule has 196 valence electrons. The van der Waals surface area contributed by atoms with Gasteiger partial charge in [-0.2, -0.15) is 0 Å². The first-order valence-corrected chi connectivity index (χ1v) is 12.2. The molecule has 2 atom stereocenters. The first-order chi connectivity index (χ1) is 17.7. The number of nitrogens with one attached hydrogen (secondary N) is 1. The Morgan fingerprint density at radius 1 is 1.08 bits per heavy atom. The highest BCUT2D eigenvalue weighted by atomic mass is 19.1. The van der Waals surface area contributed by atoms with Crippen LogP contribution in [-0.2, 0) is 9.53 Å². The van der Waals surface area contributed by atoms with Crippen molar-refractivity contribution in [3.8, 4) is 0 Å². The van der Waals surface area contributed by atoms with Crippen LogP contribution in [-0.4, -0.2) is 78.5 Å². The van der Waals surface area contributed by atoms with Gasteiger partial charge in [-0.3, -0.25) is 14.6 Å². The topological polar surface area (TPSA) is 82.2 Å². The van der Waals surface area contributed by atoms with Crippen LogP contribution in [0.15, 0.2) is 59.8 Å². The quantitative estimate of drug-likeness (QED) is 0.601. The number of hydrogen-bond donors (Lipinski definition) is 1. The van der Waals surface area contributed by atoms with E-state index in [-0.39, 0.29) is 30.7 Å². The fourth-order valence-corrected chi connectivity index (χ4v) is 4.78. The van der Waals surface area contributed by atoms with Gasteiger partial charge >= 0.3 is 12.0 Å². The summed E-state index contributed by atoms with van der Waals surface area (Å²) in [5.74, 6) is -1.65. The van der Waals surface area contributed by atoms with Gasteiger partial charge in [-0.15, -0.1) is 0 Å². The number of urea groups is 1. The first kappa shape index (κ1) is 26.3. The lowest BCUT2D eigenvalue weighted by Crippen LogP contribution is -2.56. The summed E-state index contributed by atoms with van der Waals surface area (Å²) in [5, 5.41) is 2.78. The highest BCUT2D eigenvalue weighted by Gasteiger charge is 2.38. The van der Waals surface area contributed by atoms with E-state index in [1.807, 2.05) is 6.92 Å². The van der Waals surface area contributed by atoms with E-state index in [1.165, 1.54) is 47.4 Å². The first-order valence-electron chi connectivity index (χ1n) is 12.2. The fraction of sp³-hybridized carbons (Fsp3) is 0.370. The van der Waals surface area contributed by atoms with Gasteiger partial charge in [0, 0.05) is 50.5 Å². The fourth-order valence-electron chi connectivity index (χ4n) is 4.78. The van der Waals surface area contributed by atoms with Gasteiger partial charge in [0.2, 0.25) is 0 Å². The SMILES string of the molecule is CCOC(=O)C1=C(CN2CCN(C(=O)c3ccc(F)cc3)[C@@H](C)C2)N(C)C(=O)N[C@@H]1c1cccc(F)c1. The number of benzene rings is 2. The van der Waals surface area contributed by atoms with E-state index in [0.29, 0.717) is 36.5 Å². The highest BCUT2D eigenvalue weighted by Crippen LogP contribution is 2.32. The van der Waals surface area contributed by atoms with E-state index in [1.54, 1.807) is 24.9 Å². The molecule has 10 heteroatoms. The molecule has 8 nitrogen and oxygen atoms in total. The van der Waals surface area contributed by atoms with Crippen LogP contribution in [0.4, 0.5) is 13.6 Å². The van der Waals surface area contributed by atoms with Gasteiger partial charge < -0.3 is 15.0 Å². The Morgan fingerprint density at radius 3 is 2.46 bits per heavy atom. The lowest BCUT2D eigenvalue weighted by atomic mass is 9.94. The minimum Gasteiger partial charge on any atom is -0.463 e. The second-order valence-electron chi connectivity index (χ2n) is 9.17. The van der Waals surface area contributed by atoms with Crippen LogP contribution < -0.4 is 5.32 Å². The maximum absolute atomic E-state index is 14.0. The Morgan fingerprint density at radius 2 is 1.81 bits per heavy atom. The smallest absolute Gasteiger partial charge is 0.338 e. The van der Waals surface area contributed by atoms with Crippen molar-refractivity contribution < 1.29 is 27.9 Å². The van der Waals surface area contributed by atoms with Crippen molar-refractivity contribution in [1.82, 2.24) is 20.0 Å². The molecular weight excluding hydrogens is 482 g/mol. The molecule has 0 aliphatic carbocycles. The Balaban J connectivity index is 1.59. The normalized spacial score (nSPS) is 20.6. The summed E-state index contributed by atoms with van der Waals surface area (Å²) < 4.78 is 32.6. The van der Waals surface area contributed by atoms with Crippen LogP contribution >= 0.6 is 0 Å². The second kappa shape index (κ2) is 11.1. The van der Waals surface area contributed by atoms with Crippen molar-refractivity contribution >= 4 is 17.9 Å². The number of rotatable bonds is 6. The minimum absolute atomic E-state index is 0.143. The number of hydrogen-bond acceptors (Lipinski definition) is 5. The highest BCUT2D eigenvalue weighted by molar-refractivity contribution is 5.95. The lowest BCUT2D eigenvalue weighted by Gasteiger charge is -2.42. The Labute approximate surface area is 214 Å². The molecule has 1 saturated heterocycles. The van der Waals surface area contributed by atoms with Gasteiger partial charge in [0.15, 0.2) is 0 Å². The number of esters is 1. The van der Waals surface area contributed by atoms with E-state index in [9.17, 15) is 23.2 Å². The average Bonchev–Trinajstić information content (AvgIpc) is 2.87. The predicted octanol–water partition coefficient (Wildman–Crippen LogP) is 3.32. The van der Waals surface area contributed by atoms with E-state index < -0.39 is 29.7 Å². The van der Waals surface area contributed by atoms with E-state index in [0.717, 1.165) is 0 Å². The zero-order valence-electron chi connectivity index (χ0n) is 21.0. The summed E-state index contributed by atoms with van der Waals surface area (Å²) in [4.78, 5) is 44.1. The number of nitrogens with zero attached hydrogens (tertiary/aromatic N) is 3. The zero-order chi connectivity index (χ0) is 26.7. The van der Waals surface area contributed by atoms with Crippen LogP contribution in [0.1, 0.15) is 35.8 Å². The van der Waals surface area contributed by atoms with Gasteiger partial charge in [0.05, 0.1) is 18.2 Å². The van der Waals surface area contributed by atoms with Crippen molar-refractivity contribution in [1.29, 1.82) is 0 Å². The summed E-state index contributed by atoms with van der Waals surface area (Å²) in [7, 11) is 1.57. The third-order valence-electron chi connectivity index (χ3n) is 6.69. The van der Waals surface area contributed by atoms with E-state index in [2.05, 4.69) is 10.2 Å². The largest absolute Gasteiger partial charge is 0.463 e. The molecule has 0 bridgehead atoms. The Bertz CT molecular complexity index is 1220. The molecule has 2 heterocycles. The van der Waals surface area contributed by atoms with Crippen molar-refractivity contribution in [3.63, 3.8) is 0 Å². The number of carbonyl (C=O) groups excluding carboxylic acids is 3. The second-order valence-corrected chi connectivity index (χ2v) is 9.17. The van der Waals surface area contributed by atoms with E-state index >= 15 is 0 Å². The van der Waals surface area contributed by atoms with Gasteiger partial charge in [0.1, 0.15) is 11.6 Å². The van der Waals surface area contributed by atoms with Crippen LogP contribution in [0, 0.1) is 11.6 Å². The summed E-state index contributed by atoms with van der Waals surface area (Å²) in [6.45, 7) is 5.42. The standard InChI is InChI=1S/C27H30F2N4O4/c1-4-37-26(35)23-22(31(3)27(36)30-24(23)19-6-5-7-21(29)14-19)16-32-12-13-33(17(2)15-32)25(34)18-8-10-20(28)11-9-18/h5-11,14,17,24H,4,12-13,15-16H2,1-3H3,(H,30,36)/t17-,24+/m0/s1. The number of ether oxygens (including phenoxy) is 1. The van der Waals surface area contributed by atoms with Gasteiger partial charge in [-0.1, -0.05) is 12.1 Å². The van der Waals surface area contributed by atoms with Gasteiger partial charge in [0.25, 0.3) is 5.91 Å². The third kappa shape index (κ3) is 5.64. The van der Waals surface area contributed by atoms with Crippen molar-refractivity contribution in [2.45, 2.75) is 25.9 Å². The summed E-state index contributed by atoms with van der Waals surface area (Å²) in [6.07, 6.45) is 0. The Kier molecular flexibility index (Phi) is 7.87. The van der Waals surface area contributed by atoms with E-state index in [4.69, 9.17) is 4.74 Å². The molecule has 0 saturated carbocycles. The number of piperazine rings is 1. The molecule has 2 aromatic carbocycles. The van der Waals surface area contributed by atoms with Crippen LogP contribution in [0.25, 0.3) is 0 Å². The summed E-state index contributed by atoms with van der Waals surface area (Å²) >= 11 is 0. The van der Waals surface area contributed by atoms with Gasteiger partial charge in [-0.25, -0.2) is 18.4 Å². The summed E-state index contributed by atoms with van der Waals surface area (Å²) in [6, 6.07) is 9.76. The number of amides is 3.